The molecule has 1 aliphatic rings. The summed E-state index contributed by atoms with van der Waals surface area (Å²) in [5.74, 6) is 1.50. The fourth-order valence-electron chi connectivity index (χ4n) is 2.09. The molecule has 2 rings (SSSR count). The van der Waals surface area contributed by atoms with Crippen molar-refractivity contribution in [2.24, 2.45) is 11.8 Å². The minimum absolute atomic E-state index is 0.124. The third-order valence-corrected chi connectivity index (χ3v) is 2.96. The van der Waals surface area contributed by atoms with Gasteiger partial charge in [0.2, 0.25) is 5.91 Å². The fraction of sp³-hybridized carbons (Fsp3) is 0.600. The lowest BCUT2D eigenvalue weighted by Crippen LogP contribution is -2.24. The molecule has 0 saturated heterocycles. The number of carbonyl (C=O) groups is 1. The van der Waals surface area contributed by atoms with E-state index in [1.54, 1.807) is 12.3 Å². The summed E-state index contributed by atoms with van der Waals surface area (Å²) >= 11 is 0. The van der Waals surface area contributed by atoms with Crippen LogP contribution in [0.25, 0.3) is 0 Å². The molecule has 2 unspecified atom stereocenters. The Bertz CT molecular complexity index is 307. The number of nitrogens with zero attached hydrogens (tertiary/aromatic N) is 1. The van der Waals surface area contributed by atoms with E-state index in [1.807, 2.05) is 0 Å². The highest BCUT2D eigenvalue weighted by Gasteiger charge is 2.29. The van der Waals surface area contributed by atoms with Crippen LogP contribution in [0, 0.1) is 11.8 Å². The van der Waals surface area contributed by atoms with Crippen molar-refractivity contribution in [3.63, 3.8) is 0 Å². The molecule has 1 heterocycles. The minimum atomic E-state index is 0.124. The van der Waals surface area contributed by atoms with Gasteiger partial charge in [0.05, 0.1) is 6.20 Å². The second kappa shape index (κ2) is 3.82. The number of rotatable bonds is 2. The first-order valence-corrected chi connectivity index (χ1v) is 5.07. The quantitative estimate of drug-likeness (QED) is 0.752. The number of aromatic amines is 1. The Labute approximate surface area is 83.1 Å². The van der Waals surface area contributed by atoms with Crippen molar-refractivity contribution in [1.29, 1.82) is 0 Å². The maximum Gasteiger partial charge on any atom is 0.228 e. The van der Waals surface area contributed by atoms with E-state index in [4.69, 9.17) is 0 Å². The van der Waals surface area contributed by atoms with Crippen LogP contribution in [0.5, 0.6) is 0 Å². The third kappa shape index (κ3) is 1.78. The molecule has 1 aromatic heterocycles. The van der Waals surface area contributed by atoms with E-state index in [9.17, 15) is 4.79 Å². The first-order chi connectivity index (χ1) is 6.77. The molecule has 2 atom stereocenters. The van der Waals surface area contributed by atoms with Gasteiger partial charge in [0, 0.05) is 12.0 Å². The molecule has 14 heavy (non-hydrogen) atoms. The van der Waals surface area contributed by atoms with Crippen molar-refractivity contribution >= 4 is 11.7 Å². The lowest BCUT2D eigenvalue weighted by molar-refractivity contribution is -0.120. The van der Waals surface area contributed by atoms with Gasteiger partial charge in [0.25, 0.3) is 0 Å². The lowest BCUT2D eigenvalue weighted by Gasteiger charge is -2.13. The normalized spacial score (nSPS) is 26.4. The number of hydrogen-bond donors (Lipinski definition) is 2. The highest BCUT2D eigenvalue weighted by atomic mass is 16.2. The van der Waals surface area contributed by atoms with Crippen LogP contribution in [0.3, 0.4) is 0 Å². The summed E-state index contributed by atoms with van der Waals surface area (Å²) < 4.78 is 0. The number of nitrogens with one attached hydrogen (secondary N) is 2. The Morgan fingerprint density at radius 3 is 3.07 bits per heavy atom. The largest absolute Gasteiger partial charge is 0.311 e. The highest BCUT2D eigenvalue weighted by Crippen LogP contribution is 2.31. The van der Waals surface area contributed by atoms with Crippen molar-refractivity contribution < 1.29 is 4.79 Å². The molecular formula is C10H15N3O. The van der Waals surface area contributed by atoms with E-state index < -0.39 is 0 Å². The van der Waals surface area contributed by atoms with Crippen LogP contribution < -0.4 is 5.32 Å². The molecule has 2 N–H and O–H groups in total. The van der Waals surface area contributed by atoms with Crippen LogP contribution in [0.4, 0.5) is 5.82 Å². The molecule has 4 nitrogen and oxygen atoms in total. The van der Waals surface area contributed by atoms with Gasteiger partial charge in [-0.05, 0) is 18.8 Å². The molecule has 0 spiro atoms. The smallest absolute Gasteiger partial charge is 0.228 e. The van der Waals surface area contributed by atoms with E-state index in [0.717, 1.165) is 6.42 Å². The van der Waals surface area contributed by atoms with E-state index in [-0.39, 0.29) is 11.8 Å². The van der Waals surface area contributed by atoms with Crippen LogP contribution in [-0.2, 0) is 4.79 Å². The molecule has 0 aromatic carbocycles. The van der Waals surface area contributed by atoms with Gasteiger partial charge in [0.1, 0.15) is 5.82 Å². The predicted octanol–water partition coefficient (Wildman–Crippen LogP) is 1.78. The molecule has 76 valence electrons. The number of carbonyl (C=O) groups excluding carboxylic acids is 1. The van der Waals surface area contributed by atoms with Crippen molar-refractivity contribution in [3.8, 4) is 0 Å². The molecule has 1 fully saturated rings. The summed E-state index contributed by atoms with van der Waals surface area (Å²) in [7, 11) is 0. The zero-order chi connectivity index (χ0) is 9.97. The van der Waals surface area contributed by atoms with E-state index in [0.29, 0.717) is 11.7 Å². The van der Waals surface area contributed by atoms with Gasteiger partial charge in [-0.25, -0.2) is 0 Å². The number of aromatic nitrogens is 2. The molecule has 0 bridgehead atoms. The maximum atomic E-state index is 11.8. The van der Waals surface area contributed by atoms with Crippen LogP contribution in [0.15, 0.2) is 12.3 Å². The van der Waals surface area contributed by atoms with E-state index >= 15 is 0 Å². The number of H-pyrrole nitrogens is 1. The second-order valence-electron chi connectivity index (χ2n) is 3.97. The van der Waals surface area contributed by atoms with Crippen LogP contribution in [0.1, 0.15) is 26.2 Å². The molecule has 0 aliphatic heterocycles. The summed E-state index contributed by atoms with van der Waals surface area (Å²) in [6.45, 7) is 2.14. The van der Waals surface area contributed by atoms with E-state index in [1.165, 1.54) is 12.8 Å². The summed E-state index contributed by atoms with van der Waals surface area (Å²) in [5, 5.41) is 9.34. The van der Waals surface area contributed by atoms with Crippen molar-refractivity contribution in [2.45, 2.75) is 26.2 Å². The fourth-order valence-corrected chi connectivity index (χ4v) is 2.09. The van der Waals surface area contributed by atoms with Crippen LogP contribution >= 0.6 is 0 Å². The molecule has 1 saturated carbocycles. The Balaban J connectivity index is 1.95. The van der Waals surface area contributed by atoms with E-state index in [2.05, 4.69) is 22.4 Å². The maximum absolute atomic E-state index is 11.8. The van der Waals surface area contributed by atoms with Gasteiger partial charge in [0.15, 0.2) is 0 Å². The average molecular weight is 193 g/mol. The van der Waals surface area contributed by atoms with Crippen molar-refractivity contribution in [1.82, 2.24) is 10.2 Å². The Hall–Kier alpha value is -1.32. The summed E-state index contributed by atoms with van der Waals surface area (Å²) in [5.41, 5.74) is 0. The van der Waals surface area contributed by atoms with Crippen LogP contribution in [-0.4, -0.2) is 16.1 Å². The molecular weight excluding hydrogens is 178 g/mol. The zero-order valence-electron chi connectivity index (χ0n) is 8.29. The van der Waals surface area contributed by atoms with Gasteiger partial charge < -0.3 is 5.32 Å². The van der Waals surface area contributed by atoms with Crippen molar-refractivity contribution in [3.05, 3.63) is 12.3 Å². The highest BCUT2D eigenvalue weighted by molar-refractivity contribution is 5.91. The van der Waals surface area contributed by atoms with Gasteiger partial charge in [-0.15, -0.1) is 0 Å². The minimum Gasteiger partial charge on any atom is -0.311 e. The summed E-state index contributed by atoms with van der Waals surface area (Å²) in [4.78, 5) is 11.8. The Morgan fingerprint density at radius 2 is 2.50 bits per heavy atom. The van der Waals surface area contributed by atoms with Crippen molar-refractivity contribution in [2.75, 3.05) is 5.32 Å². The standard InChI is InChI=1S/C10H15N3O/c1-7-3-2-4-8(7)10(14)12-9-5-6-11-13-9/h5-8H,2-4H2,1H3,(H2,11,12,13,14). The second-order valence-corrected chi connectivity index (χ2v) is 3.97. The zero-order valence-corrected chi connectivity index (χ0v) is 8.29. The Kier molecular flexibility index (Phi) is 2.52. The van der Waals surface area contributed by atoms with Crippen LogP contribution in [0.2, 0.25) is 0 Å². The molecule has 1 amide bonds. The summed E-state index contributed by atoms with van der Waals surface area (Å²) in [6.07, 6.45) is 4.98. The molecule has 1 aromatic rings. The first kappa shape index (κ1) is 9.24. The monoisotopic (exact) mass is 193 g/mol. The predicted molar refractivity (Wildman–Crippen MR) is 53.7 cm³/mol. The number of hydrogen-bond acceptors (Lipinski definition) is 2. The first-order valence-electron chi connectivity index (χ1n) is 5.07. The van der Waals surface area contributed by atoms with Gasteiger partial charge in [-0.2, -0.15) is 5.10 Å². The molecule has 1 aliphatic carbocycles. The van der Waals surface area contributed by atoms with Gasteiger partial charge in [-0.3, -0.25) is 9.89 Å². The van der Waals surface area contributed by atoms with Gasteiger partial charge >= 0.3 is 0 Å². The molecule has 4 heteroatoms. The SMILES string of the molecule is CC1CCCC1C(=O)Nc1ccn[nH]1. The Morgan fingerprint density at radius 1 is 1.64 bits per heavy atom. The average Bonchev–Trinajstić information content (AvgIpc) is 2.75. The number of amides is 1. The third-order valence-electron chi connectivity index (χ3n) is 2.96. The number of anilines is 1. The van der Waals surface area contributed by atoms with Gasteiger partial charge in [-0.1, -0.05) is 13.3 Å². The lowest BCUT2D eigenvalue weighted by atomic mass is 9.97. The summed E-state index contributed by atoms with van der Waals surface area (Å²) in [6, 6.07) is 1.76. The molecule has 0 radical (unpaired) electrons. The topological polar surface area (TPSA) is 57.8 Å².